The predicted octanol–water partition coefficient (Wildman–Crippen LogP) is 13.1. The van der Waals surface area contributed by atoms with Crippen LogP contribution in [0.2, 0.25) is 0 Å². The lowest BCUT2D eigenvalue weighted by atomic mass is 9.99. The van der Waals surface area contributed by atoms with E-state index in [4.69, 9.17) is 17.6 Å². The molecule has 0 radical (unpaired) electrons. The SMILES string of the molecule is C/C(=N\C(=C/c1ccc2sc3ccccc3c2c1)c1cc(-c2ccc(-n3c4ccccc4c4ccccc43)cc2)ccc1S)c1ccccc1. The molecule has 50 heavy (non-hydrogen) atoms. The summed E-state index contributed by atoms with van der Waals surface area (Å²) in [4.78, 5) is 6.15. The van der Waals surface area contributed by atoms with Gasteiger partial charge in [0, 0.05) is 52.8 Å². The average Bonchev–Trinajstić information content (AvgIpc) is 3.71. The number of thiol groups is 1. The van der Waals surface area contributed by atoms with Gasteiger partial charge in [0.1, 0.15) is 0 Å². The van der Waals surface area contributed by atoms with Crippen molar-refractivity contribution in [2.24, 2.45) is 4.99 Å². The molecular formula is C46H32N2S2. The molecule has 0 bridgehead atoms. The first-order chi connectivity index (χ1) is 24.6. The van der Waals surface area contributed by atoms with Gasteiger partial charge in [-0.15, -0.1) is 24.0 Å². The highest BCUT2D eigenvalue weighted by Gasteiger charge is 2.14. The Bertz CT molecular complexity index is 2710. The largest absolute Gasteiger partial charge is 0.309 e. The lowest BCUT2D eigenvalue weighted by molar-refractivity contribution is 1.18. The van der Waals surface area contributed by atoms with Crippen molar-refractivity contribution in [2.75, 3.05) is 0 Å². The van der Waals surface area contributed by atoms with Gasteiger partial charge in [-0.3, -0.25) is 4.99 Å². The molecule has 2 aromatic heterocycles. The summed E-state index contributed by atoms with van der Waals surface area (Å²) >= 11 is 6.82. The zero-order valence-corrected chi connectivity index (χ0v) is 29.1. The number of aromatic nitrogens is 1. The molecule has 0 atom stereocenters. The van der Waals surface area contributed by atoms with E-state index in [1.54, 1.807) is 0 Å². The van der Waals surface area contributed by atoms with Crippen LogP contribution in [0.5, 0.6) is 0 Å². The van der Waals surface area contributed by atoms with Crippen molar-refractivity contribution in [2.45, 2.75) is 11.8 Å². The summed E-state index contributed by atoms with van der Waals surface area (Å²) in [6.45, 7) is 2.08. The van der Waals surface area contributed by atoms with Crippen LogP contribution < -0.4 is 0 Å². The third kappa shape index (κ3) is 5.43. The van der Waals surface area contributed by atoms with Gasteiger partial charge in [0.25, 0.3) is 0 Å². The van der Waals surface area contributed by atoms with Crippen LogP contribution in [0.15, 0.2) is 174 Å². The third-order valence-corrected chi connectivity index (χ3v) is 11.0. The normalized spacial score (nSPS) is 12.4. The van der Waals surface area contributed by atoms with E-state index in [1.807, 2.05) is 17.4 Å². The highest BCUT2D eigenvalue weighted by Crippen LogP contribution is 2.37. The van der Waals surface area contributed by atoms with Crippen LogP contribution in [-0.2, 0) is 0 Å². The summed E-state index contributed by atoms with van der Waals surface area (Å²) in [7, 11) is 0. The summed E-state index contributed by atoms with van der Waals surface area (Å²) in [5.41, 5.74) is 10.8. The molecular weight excluding hydrogens is 645 g/mol. The highest BCUT2D eigenvalue weighted by atomic mass is 32.1. The Kier molecular flexibility index (Phi) is 7.69. The number of aliphatic imine (C=N–C) groups is 1. The molecule has 0 N–H and O–H groups in total. The number of hydrogen-bond donors (Lipinski definition) is 1. The van der Waals surface area contributed by atoms with Crippen molar-refractivity contribution < 1.29 is 0 Å². The Hall–Kier alpha value is -5.68. The third-order valence-electron chi connectivity index (χ3n) is 9.50. The molecule has 7 aromatic carbocycles. The zero-order valence-electron chi connectivity index (χ0n) is 27.4. The van der Waals surface area contributed by atoms with Gasteiger partial charge < -0.3 is 4.57 Å². The number of nitrogens with zero attached hydrogens (tertiary/aromatic N) is 2. The molecule has 0 spiro atoms. The molecule has 2 nitrogen and oxygen atoms in total. The van der Waals surface area contributed by atoms with E-state index >= 15 is 0 Å². The van der Waals surface area contributed by atoms with Crippen LogP contribution in [-0.4, -0.2) is 10.3 Å². The molecule has 0 aliphatic rings. The molecule has 238 valence electrons. The Morgan fingerprint density at radius 3 is 1.94 bits per heavy atom. The van der Waals surface area contributed by atoms with Crippen molar-refractivity contribution in [1.29, 1.82) is 0 Å². The van der Waals surface area contributed by atoms with Gasteiger partial charge in [0.05, 0.1) is 16.7 Å². The van der Waals surface area contributed by atoms with Crippen LogP contribution >= 0.6 is 24.0 Å². The van der Waals surface area contributed by atoms with Gasteiger partial charge in [0.2, 0.25) is 0 Å². The summed E-state index contributed by atoms with van der Waals surface area (Å²) in [5, 5.41) is 5.08. The summed E-state index contributed by atoms with van der Waals surface area (Å²) < 4.78 is 4.94. The smallest absolute Gasteiger partial charge is 0.0722 e. The van der Waals surface area contributed by atoms with E-state index < -0.39 is 0 Å². The van der Waals surface area contributed by atoms with Gasteiger partial charge >= 0.3 is 0 Å². The van der Waals surface area contributed by atoms with Crippen molar-refractivity contribution in [3.05, 3.63) is 180 Å². The van der Waals surface area contributed by atoms with E-state index in [-0.39, 0.29) is 0 Å². The van der Waals surface area contributed by atoms with Gasteiger partial charge in [0.15, 0.2) is 0 Å². The molecule has 2 heterocycles. The molecule has 0 aliphatic heterocycles. The van der Waals surface area contributed by atoms with Crippen LogP contribution in [0.4, 0.5) is 0 Å². The van der Waals surface area contributed by atoms with E-state index in [9.17, 15) is 0 Å². The Morgan fingerprint density at radius 1 is 0.580 bits per heavy atom. The Morgan fingerprint density at radius 2 is 1.20 bits per heavy atom. The fourth-order valence-corrected chi connectivity index (χ4v) is 8.35. The van der Waals surface area contributed by atoms with E-state index in [0.29, 0.717) is 0 Å². The van der Waals surface area contributed by atoms with Gasteiger partial charge in [-0.2, -0.15) is 0 Å². The van der Waals surface area contributed by atoms with E-state index in [2.05, 4.69) is 175 Å². The number of fused-ring (bicyclic) bond motifs is 6. The van der Waals surface area contributed by atoms with Crippen molar-refractivity contribution in [3.63, 3.8) is 0 Å². The maximum Gasteiger partial charge on any atom is 0.0722 e. The summed E-state index contributed by atoms with van der Waals surface area (Å²) in [6, 6.07) is 58.3. The minimum absolute atomic E-state index is 0.874. The first-order valence-corrected chi connectivity index (χ1v) is 18.0. The summed E-state index contributed by atoms with van der Waals surface area (Å²) in [5.74, 6) is 0. The highest BCUT2D eigenvalue weighted by molar-refractivity contribution is 7.80. The maximum absolute atomic E-state index is 5.27. The lowest BCUT2D eigenvalue weighted by Crippen LogP contribution is -1.96. The van der Waals surface area contributed by atoms with Crippen LogP contribution in [0.1, 0.15) is 23.6 Å². The Labute approximate surface area is 300 Å². The quantitative estimate of drug-likeness (QED) is 0.103. The van der Waals surface area contributed by atoms with Crippen LogP contribution in [0.25, 0.3) is 70.6 Å². The lowest BCUT2D eigenvalue weighted by Gasteiger charge is -2.13. The summed E-state index contributed by atoms with van der Waals surface area (Å²) in [6.07, 6.45) is 2.20. The molecule has 0 aliphatic carbocycles. The monoisotopic (exact) mass is 676 g/mol. The first kappa shape index (κ1) is 30.4. The fraction of sp³-hybridized carbons (Fsp3) is 0.0217. The molecule has 0 amide bonds. The molecule has 9 rings (SSSR count). The second-order valence-electron chi connectivity index (χ2n) is 12.6. The fourth-order valence-electron chi connectivity index (χ4n) is 7.01. The van der Waals surface area contributed by atoms with Crippen LogP contribution in [0, 0.1) is 0 Å². The number of thiophene rings is 1. The predicted molar refractivity (Wildman–Crippen MR) is 219 cm³/mol. The second kappa shape index (κ2) is 12.6. The minimum Gasteiger partial charge on any atom is -0.309 e. The molecule has 0 fully saturated rings. The molecule has 0 saturated carbocycles. The number of para-hydroxylation sites is 2. The first-order valence-electron chi connectivity index (χ1n) is 16.8. The molecule has 0 unspecified atom stereocenters. The topological polar surface area (TPSA) is 17.3 Å². The van der Waals surface area contributed by atoms with Crippen molar-refractivity contribution in [1.82, 2.24) is 4.57 Å². The van der Waals surface area contributed by atoms with Gasteiger partial charge in [-0.25, -0.2) is 0 Å². The Balaban J connectivity index is 1.15. The second-order valence-corrected chi connectivity index (χ2v) is 14.2. The minimum atomic E-state index is 0.874. The van der Waals surface area contributed by atoms with E-state index in [1.165, 1.54) is 42.0 Å². The van der Waals surface area contributed by atoms with Crippen molar-refractivity contribution in [3.8, 4) is 16.8 Å². The van der Waals surface area contributed by atoms with Crippen LogP contribution in [0.3, 0.4) is 0 Å². The van der Waals surface area contributed by atoms with Crippen molar-refractivity contribution >= 4 is 83.4 Å². The molecule has 0 saturated heterocycles. The number of hydrogen-bond acceptors (Lipinski definition) is 3. The van der Waals surface area contributed by atoms with Gasteiger partial charge in [-0.05, 0) is 89.9 Å². The van der Waals surface area contributed by atoms with Gasteiger partial charge in [-0.1, -0.05) is 109 Å². The average molecular weight is 677 g/mol. The maximum atomic E-state index is 5.27. The number of rotatable bonds is 6. The van der Waals surface area contributed by atoms with E-state index in [0.717, 1.165) is 49.8 Å². The zero-order chi connectivity index (χ0) is 33.6. The standard InChI is InChI=1S/C46H32N2S2/c1-30(32-11-3-2-4-12-32)47-41(28-31-19-26-46-39(27-31)38-15-7-10-18-45(38)50-46)40-29-34(22-25-44(40)49)33-20-23-35(24-21-33)48-42-16-8-5-13-36(42)37-14-6-9-17-43(37)48/h2-29,49H,1H3/b41-28-,47-30+. The molecule has 9 aromatic rings. The molecule has 4 heteroatoms. The number of benzene rings is 7.